The smallest absolute Gasteiger partial charge is 0.261 e. The molecule has 0 aliphatic rings. The number of unbranched alkanes of at least 4 members (excludes halogenated alkanes) is 1. The third kappa shape index (κ3) is 7.40. The standard InChI is InChI=1S/C27H38N2O3/c1-6-8-16-28-27(31)24(7-2)29(18-22-13-11-12-21(5)17-22)26(30)19-32-25-15-10-9-14-23(25)20(3)4/h9-15,17,20,24H,6-8,16,18-19H2,1-5H3,(H,28,31)/t24-/m0/s1. The number of rotatable bonds is 12. The summed E-state index contributed by atoms with van der Waals surface area (Å²) >= 11 is 0. The zero-order chi connectivity index (χ0) is 23.5. The average molecular weight is 439 g/mol. The predicted octanol–water partition coefficient (Wildman–Crippen LogP) is 5.22. The van der Waals surface area contributed by atoms with E-state index in [0.717, 1.165) is 29.5 Å². The average Bonchev–Trinajstić information content (AvgIpc) is 2.77. The number of aryl methyl sites for hydroxylation is 1. The van der Waals surface area contributed by atoms with Gasteiger partial charge in [-0.15, -0.1) is 0 Å². The second-order valence-corrected chi connectivity index (χ2v) is 8.56. The first-order chi connectivity index (χ1) is 15.4. The van der Waals surface area contributed by atoms with Crippen LogP contribution < -0.4 is 10.1 Å². The SMILES string of the molecule is CCCCNC(=O)[C@H](CC)N(Cc1cccc(C)c1)C(=O)COc1ccccc1C(C)C. The van der Waals surface area contributed by atoms with Crippen LogP contribution in [0, 0.1) is 6.92 Å². The van der Waals surface area contributed by atoms with Crippen molar-refractivity contribution in [3.63, 3.8) is 0 Å². The number of carbonyl (C=O) groups is 2. The quantitative estimate of drug-likeness (QED) is 0.462. The number of para-hydroxylation sites is 1. The Labute approximate surface area is 193 Å². The van der Waals surface area contributed by atoms with Gasteiger partial charge in [0.15, 0.2) is 6.61 Å². The number of benzene rings is 2. The Balaban J connectivity index is 2.22. The first-order valence-corrected chi connectivity index (χ1v) is 11.7. The van der Waals surface area contributed by atoms with E-state index < -0.39 is 6.04 Å². The van der Waals surface area contributed by atoms with Crippen molar-refractivity contribution in [3.8, 4) is 5.75 Å². The Morgan fingerprint density at radius 2 is 1.81 bits per heavy atom. The Kier molecular flexibility index (Phi) is 10.3. The molecule has 0 aliphatic carbocycles. The number of ether oxygens (including phenoxy) is 1. The predicted molar refractivity (Wildman–Crippen MR) is 130 cm³/mol. The van der Waals surface area contributed by atoms with E-state index in [4.69, 9.17) is 4.74 Å². The van der Waals surface area contributed by atoms with Crippen molar-refractivity contribution < 1.29 is 14.3 Å². The molecule has 32 heavy (non-hydrogen) atoms. The van der Waals surface area contributed by atoms with Crippen LogP contribution in [0.4, 0.5) is 0 Å². The van der Waals surface area contributed by atoms with Crippen molar-refractivity contribution >= 4 is 11.8 Å². The molecule has 1 N–H and O–H groups in total. The lowest BCUT2D eigenvalue weighted by Crippen LogP contribution is -2.50. The largest absolute Gasteiger partial charge is 0.483 e. The van der Waals surface area contributed by atoms with Gasteiger partial charge in [-0.3, -0.25) is 9.59 Å². The maximum absolute atomic E-state index is 13.3. The third-order valence-corrected chi connectivity index (χ3v) is 5.54. The number of carbonyl (C=O) groups excluding carboxylic acids is 2. The molecular formula is C27H38N2O3. The zero-order valence-electron chi connectivity index (χ0n) is 20.2. The van der Waals surface area contributed by atoms with Gasteiger partial charge in [0.2, 0.25) is 5.91 Å². The summed E-state index contributed by atoms with van der Waals surface area (Å²) in [4.78, 5) is 27.9. The van der Waals surface area contributed by atoms with Crippen LogP contribution in [0.1, 0.15) is 69.6 Å². The molecule has 0 saturated carbocycles. The maximum Gasteiger partial charge on any atom is 0.261 e. The molecule has 1 atom stereocenters. The molecule has 2 rings (SSSR count). The fraction of sp³-hybridized carbons (Fsp3) is 0.481. The van der Waals surface area contributed by atoms with Gasteiger partial charge in [0.25, 0.3) is 5.91 Å². The van der Waals surface area contributed by atoms with Gasteiger partial charge in [-0.1, -0.05) is 82.1 Å². The Morgan fingerprint density at radius 3 is 2.47 bits per heavy atom. The molecule has 0 spiro atoms. The first-order valence-electron chi connectivity index (χ1n) is 11.7. The summed E-state index contributed by atoms with van der Waals surface area (Å²) in [6.07, 6.45) is 2.47. The van der Waals surface area contributed by atoms with Crippen molar-refractivity contribution in [1.29, 1.82) is 0 Å². The van der Waals surface area contributed by atoms with Gasteiger partial charge in [-0.05, 0) is 42.9 Å². The van der Waals surface area contributed by atoms with Crippen LogP contribution in [0.5, 0.6) is 5.75 Å². The van der Waals surface area contributed by atoms with Crippen LogP contribution in [0.15, 0.2) is 48.5 Å². The normalized spacial score (nSPS) is 11.8. The van der Waals surface area contributed by atoms with Crippen molar-refractivity contribution in [2.45, 2.75) is 72.4 Å². The molecule has 0 bridgehead atoms. The first kappa shape index (κ1) is 25.4. The number of nitrogens with zero attached hydrogens (tertiary/aromatic N) is 1. The van der Waals surface area contributed by atoms with E-state index in [1.807, 2.05) is 56.3 Å². The van der Waals surface area contributed by atoms with Crippen LogP contribution >= 0.6 is 0 Å². The molecule has 2 aromatic rings. The molecule has 0 aromatic heterocycles. The number of nitrogens with one attached hydrogen (secondary N) is 1. The lowest BCUT2D eigenvalue weighted by molar-refractivity contribution is -0.143. The summed E-state index contributed by atoms with van der Waals surface area (Å²) < 4.78 is 5.95. The van der Waals surface area contributed by atoms with E-state index >= 15 is 0 Å². The summed E-state index contributed by atoms with van der Waals surface area (Å²) in [7, 11) is 0. The summed E-state index contributed by atoms with van der Waals surface area (Å²) in [6, 6.07) is 15.3. The summed E-state index contributed by atoms with van der Waals surface area (Å²) in [5, 5.41) is 2.99. The van der Waals surface area contributed by atoms with E-state index in [1.54, 1.807) is 4.90 Å². The van der Waals surface area contributed by atoms with Gasteiger partial charge in [-0.25, -0.2) is 0 Å². The molecule has 0 unspecified atom stereocenters. The van der Waals surface area contributed by atoms with Crippen molar-refractivity contribution in [3.05, 3.63) is 65.2 Å². The highest BCUT2D eigenvalue weighted by Crippen LogP contribution is 2.26. The van der Waals surface area contributed by atoms with Crippen LogP contribution in [-0.4, -0.2) is 35.9 Å². The van der Waals surface area contributed by atoms with Gasteiger partial charge in [0.1, 0.15) is 11.8 Å². The molecule has 5 nitrogen and oxygen atoms in total. The molecular weight excluding hydrogens is 400 g/mol. The van der Waals surface area contributed by atoms with Crippen LogP contribution in [0.25, 0.3) is 0 Å². The minimum absolute atomic E-state index is 0.103. The second kappa shape index (κ2) is 12.9. The highest BCUT2D eigenvalue weighted by Gasteiger charge is 2.29. The molecule has 0 aliphatic heterocycles. The fourth-order valence-electron chi connectivity index (χ4n) is 3.74. The summed E-state index contributed by atoms with van der Waals surface area (Å²) in [6.45, 7) is 11.1. The summed E-state index contributed by atoms with van der Waals surface area (Å²) in [5.41, 5.74) is 3.19. The van der Waals surface area contributed by atoms with Crippen LogP contribution in [-0.2, 0) is 16.1 Å². The van der Waals surface area contributed by atoms with Crippen LogP contribution in [0.2, 0.25) is 0 Å². The van der Waals surface area contributed by atoms with E-state index in [0.29, 0.717) is 25.3 Å². The van der Waals surface area contributed by atoms with Gasteiger partial charge < -0.3 is 15.0 Å². The fourth-order valence-corrected chi connectivity index (χ4v) is 3.74. The van der Waals surface area contributed by atoms with E-state index in [9.17, 15) is 9.59 Å². The van der Waals surface area contributed by atoms with Crippen molar-refractivity contribution in [2.24, 2.45) is 0 Å². The lowest BCUT2D eigenvalue weighted by Gasteiger charge is -2.31. The second-order valence-electron chi connectivity index (χ2n) is 8.56. The highest BCUT2D eigenvalue weighted by molar-refractivity contribution is 5.88. The lowest BCUT2D eigenvalue weighted by atomic mass is 10.0. The van der Waals surface area contributed by atoms with Gasteiger partial charge in [0, 0.05) is 13.1 Å². The minimum atomic E-state index is -0.538. The maximum atomic E-state index is 13.3. The summed E-state index contributed by atoms with van der Waals surface area (Å²) in [5.74, 6) is 0.705. The molecule has 5 heteroatoms. The number of hydrogen-bond acceptors (Lipinski definition) is 3. The molecule has 0 heterocycles. The molecule has 0 saturated heterocycles. The monoisotopic (exact) mass is 438 g/mol. The molecule has 2 aromatic carbocycles. The number of hydrogen-bond donors (Lipinski definition) is 1. The highest BCUT2D eigenvalue weighted by atomic mass is 16.5. The van der Waals surface area contributed by atoms with E-state index in [1.165, 1.54) is 0 Å². The van der Waals surface area contributed by atoms with E-state index in [2.05, 4.69) is 32.2 Å². The van der Waals surface area contributed by atoms with E-state index in [-0.39, 0.29) is 24.3 Å². The van der Waals surface area contributed by atoms with Crippen molar-refractivity contribution in [1.82, 2.24) is 10.2 Å². The van der Waals surface area contributed by atoms with Gasteiger partial charge in [-0.2, -0.15) is 0 Å². The Hall–Kier alpha value is -2.82. The van der Waals surface area contributed by atoms with Gasteiger partial charge >= 0.3 is 0 Å². The molecule has 174 valence electrons. The van der Waals surface area contributed by atoms with Gasteiger partial charge in [0.05, 0.1) is 0 Å². The molecule has 0 radical (unpaired) electrons. The Morgan fingerprint density at radius 1 is 1.06 bits per heavy atom. The zero-order valence-corrected chi connectivity index (χ0v) is 20.2. The van der Waals surface area contributed by atoms with Crippen LogP contribution in [0.3, 0.4) is 0 Å². The molecule has 0 fully saturated rings. The van der Waals surface area contributed by atoms with Crippen molar-refractivity contribution in [2.75, 3.05) is 13.2 Å². The number of amides is 2. The Bertz CT molecular complexity index is 879. The minimum Gasteiger partial charge on any atom is -0.483 e. The molecule has 2 amide bonds. The topological polar surface area (TPSA) is 58.6 Å². The third-order valence-electron chi connectivity index (χ3n) is 5.54.